The Bertz CT molecular complexity index is 455. The first-order chi connectivity index (χ1) is 9.64. The second-order valence-corrected chi connectivity index (χ2v) is 5.11. The number of hydrogen-bond acceptors (Lipinski definition) is 4. The molecule has 2 rings (SSSR count). The lowest BCUT2D eigenvalue weighted by Crippen LogP contribution is -2.46. The van der Waals surface area contributed by atoms with Crippen LogP contribution in [0.4, 0.5) is 0 Å². The molecule has 0 radical (unpaired) electrons. The maximum atomic E-state index is 12.2. The van der Waals surface area contributed by atoms with Gasteiger partial charge in [0, 0.05) is 45.3 Å². The third kappa shape index (κ3) is 3.79. The van der Waals surface area contributed by atoms with Crippen molar-refractivity contribution in [3.05, 3.63) is 35.4 Å². The monoisotopic (exact) mass is 279 g/mol. The average molecular weight is 279 g/mol. The Morgan fingerprint density at radius 1 is 1.40 bits per heavy atom. The molecule has 0 aliphatic carbocycles. The molecule has 1 fully saturated rings. The Morgan fingerprint density at radius 2 is 2.10 bits per heavy atom. The Kier molecular flexibility index (Phi) is 5.11. The van der Waals surface area contributed by atoms with Crippen molar-refractivity contribution in [2.75, 3.05) is 26.9 Å². The zero-order valence-corrected chi connectivity index (χ0v) is 11.7. The summed E-state index contributed by atoms with van der Waals surface area (Å²) in [6.45, 7) is 1.71. The molecular weight excluding hydrogens is 258 g/mol. The predicted octanol–water partition coefficient (Wildman–Crippen LogP) is 1.10. The van der Waals surface area contributed by atoms with Gasteiger partial charge in [-0.15, -0.1) is 0 Å². The minimum absolute atomic E-state index is 0.183. The number of ether oxygens (including phenoxy) is 2. The van der Waals surface area contributed by atoms with E-state index in [0.29, 0.717) is 38.2 Å². The number of nitrogens with one attached hydrogen (secondary N) is 1. The molecule has 0 bridgehead atoms. The van der Waals surface area contributed by atoms with E-state index in [1.165, 1.54) is 0 Å². The zero-order chi connectivity index (χ0) is 14.4. The molecule has 0 saturated carbocycles. The van der Waals surface area contributed by atoms with Crippen molar-refractivity contribution < 1.29 is 19.4 Å². The van der Waals surface area contributed by atoms with E-state index < -0.39 is 5.60 Å². The number of rotatable bonds is 5. The molecule has 20 heavy (non-hydrogen) atoms. The topological polar surface area (TPSA) is 67.8 Å². The van der Waals surface area contributed by atoms with E-state index >= 15 is 0 Å². The number of methoxy groups -OCH3 is 1. The highest BCUT2D eigenvalue weighted by atomic mass is 16.5. The third-order valence-electron chi connectivity index (χ3n) is 3.56. The van der Waals surface area contributed by atoms with Crippen molar-refractivity contribution in [2.45, 2.75) is 25.0 Å². The van der Waals surface area contributed by atoms with Gasteiger partial charge in [-0.1, -0.05) is 18.2 Å². The summed E-state index contributed by atoms with van der Waals surface area (Å²) >= 11 is 0. The first kappa shape index (κ1) is 15.0. The first-order valence-corrected chi connectivity index (χ1v) is 6.80. The summed E-state index contributed by atoms with van der Waals surface area (Å²) in [5.41, 5.74) is 0.570. The van der Waals surface area contributed by atoms with Gasteiger partial charge in [0.05, 0.1) is 12.2 Å². The van der Waals surface area contributed by atoms with E-state index in [2.05, 4.69) is 5.32 Å². The van der Waals surface area contributed by atoms with Gasteiger partial charge < -0.3 is 19.9 Å². The molecule has 5 nitrogen and oxygen atoms in total. The van der Waals surface area contributed by atoms with Gasteiger partial charge in [0.15, 0.2) is 0 Å². The van der Waals surface area contributed by atoms with Crippen LogP contribution in [-0.2, 0) is 16.1 Å². The van der Waals surface area contributed by atoms with E-state index in [4.69, 9.17) is 9.47 Å². The molecule has 1 amide bonds. The molecule has 1 aliphatic rings. The third-order valence-corrected chi connectivity index (χ3v) is 3.56. The van der Waals surface area contributed by atoms with Crippen LogP contribution < -0.4 is 5.32 Å². The molecule has 1 aromatic rings. The van der Waals surface area contributed by atoms with Crippen molar-refractivity contribution in [1.82, 2.24) is 5.32 Å². The summed E-state index contributed by atoms with van der Waals surface area (Å²) in [5, 5.41) is 13.1. The highest BCUT2D eigenvalue weighted by molar-refractivity contribution is 5.95. The molecule has 1 aliphatic heterocycles. The minimum Gasteiger partial charge on any atom is -0.388 e. The quantitative estimate of drug-likeness (QED) is 0.847. The Hall–Kier alpha value is -1.43. The van der Waals surface area contributed by atoms with Crippen molar-refractivity contribution in [1.29, 1.82) is 0 Å². The molecule has 1 aromatic carbocycles. The van der Waals surface area contributed by atoms with Crippen LogP contribution in [0.3, 0.4) is 0 Å². The highest BCUT2D eigenvalue weighted by Gasteiger charge is 2.30. The fraction of sp³-hybridized carbons (Fsp3) is 0.533. The normalized spacial score (nSPS) is 17.7. The van der Waals surface area contributed by atoms with Gasteiger partial charge in [0.1, 0.15) is 0 Å². The van der Waals surface area contributed by atoms with E-state index in [1.807, 2.05) is 18.2 Å². The summed E-state index contributed by atoms with van der Waals surface area (Å²) in [5.74, 6) is -0.183. The number of benzene rings is 1. The lowest BCUT2D eigenvalue weighted by atomic mass is 9.94. The van der Waals surface area contributed by atoms with Crippen molar-refractivity contribution in [3.63, 3.8) is 0 Å². The smallest absolute Gasteiger partial charge is 0.251 e. The average Bonchev–Trinajstić information content (AvgIpc) is 2.47. The maximum absolute atomic E-state index is 12.2. The fourth-order valence-electron chi connectivity index (χ4n) is 2.29. The van der Waals surface area contributed by atoms with Gasteiger partial charge in [0.25, 0.3) is 5.91 Å². The summed E-state index contributed by atoms with van der Waals surface area (Å²) < 4.78 is 10.3. The van der Waals surface area contributed by atoms with Gasteiger partial charge in [-0.25, -0.2) is 0 Å². The molecule has 2 N–H and O–H groups in total. The number of amides is 1. The maximum Gasteiger partial charge on any atom is 0.251 e. The molecule has 0 spiro atoms. The molecule has 0 aromatic heterocycles. The number of aliphatic hydroxyl groups is 1. The summed E-state index contributed by atoms with van der Waals surface area (Å²) in [4.78, 5) is 12.2. The van der Waals surface area contributed by atoms with Crippen molar-refractivity contribution in [3.8, 4) is 0 Å². The molecule has 5 heteroatoms. The van der Waals surface area contributed by atoms with Crippen LogP contribution in [0.5, 0.6) is 0 Å². The first-order valence-electron chi connectivity index (χ1n) is 6.80. The zero-order valence-electron chi connectivity index (χ0n) is 11.7. The van der Waals surface area contributed by atoms with Gasteiger partial charge >= 0.3 is 0 Å². The molecule has 0 atom stereocenters. The van der Waals surface area contributed by atoms with Crippen molar-refractivity contribution in [2.24, 2.45) is 0 Å². The van der Waals surface area contributed by atoms with Gasteiger partial charge in [-0.3, -0.25) is 4.79 Å². The standard InChI is InChI=1S/C15H21NO4/c1-19-10-12-4-2-3-5-13(12)14(17)16-11-15(18)6-8-20-9-7-15/h2-5,18H,6-11H2,1H3,(H,16,17). The van der Waals surface area contributed by atoms with Crippen molar-refractivity contribution >= 4 is 5.91 Å². The summed E-state index contributed by atoms with van der Waals surface area (Å²) in [6.07, 6.45) is 1.10. The second kappa shape index (κ2) is 6.83. The predicted molar refractivity (Wildman–Crippen MR) is 74.5 cm³/mol. The SMILES string of the molecule is COCc1ccccc1C(=O)NCC1(O)CCOCC1. The highest BCUT2D eigenvalue weighted by Crippen LogP contribution is 2.19. The lowest BCUT2D eigenvalue weighted by molar-refractivity contribution is -0.0605. The summed E-state index contributed by atoms with van der Waals surface area (Å²) in [6, 6.07) is 7.31. The number of carbonyl (C=O) groups is 1. The Labute approximate surface area is 118 Å². The largest absolute Gasteiger partial charge is 0.388 e. The summed E-state index contributed by atoms with van der Waals surface area (Å²) in [7, 11) is 1.60. The van der Waals surface area contributed by atoms with Crippen LogP contribution in [-0.4, -0.2) is 43.5 Å². The molecule has 1 heterocycles. The molecule has 110 valence electrons. The van der Waals surface area contributed by atoms with E-state index in [0.717, 1.165) is 5.56 Å². The fourth-order valence-corrected chi connectivity index (χ4v) is 2.29. The van der Waals surface area contributed by atoms with Crippen LogP contribution in [0, 0.1) is 0 Å². The van der Waals surface area contributed by atoms with Crippen LogP contribution in [0.2, 0.25) is 0 Å². The molecular formula is C15H21NO4. The Morgan fingerprint density at radius 3 is 2.80 bits per heavy atom. The lowest BCUT2D eigenvalue weighted by Gasteiger charge is -2.32. The minimum atomic E-state index is -0.857. The Balaban J connectivity index is 1.98. The number of carbonyl (C=O) groups excluding carboxylic acids is 1. The van der Waals surface area contributed by atoms with Crippen LogP contribution in [0.25, 0.3) is 0 Å². The van der Waals surface area contributed by atoms with Gasteiger partial charge in [0.2, 0.25) is 0 Å². The van der Waals surface area contributed by atoms with E-state index in [9.17, 15) is 9.90 Å². The molecule has 1 saturated heterocycles. The van der Waals surface area contributed by atoms with Crippen LogP contribution in [0.15, 0.2) is 24.3 Å². The van der Waals surface area contributed by atoms with Crippen LogP contribution in [0.1, 0.15) is 28.8 Å². The second-order valence-electron chi connectivity index (χ2n) is 5.11. The van der Waals surface area contributed by atoms with E-state index in [1.54, 1.807) is 13.2 Å². The number of hydrogen-bond donors (Lipinski definition) is 2. The van der Waals surface area contributed by atoms with Gasteiger partial charge in [-0.2, -0.15) is 0 Å². The van der Waals surface area contributed by atoms with E-state index in [-0.39, 0.29) is 12.5 Å². The molecule has 0 unspecified atom stereocenters. The van der Waals surface area contributed by atoms with Gasteiger partial charge in [-0.05, 0) is 11.6 Å². The van der Waals surface area contributed by atoms with Crippen LogP contribution >= 0.6 is 0 Å².